The minimum Gasteiger partial charge on any atom is -0.497 e. The second-order valence-electron chi connectivity index (χ2n) is 10.3. The zero-order chi connectivity index (χ0) is 28.5. The average molecular weight is 607 g/mol. The van der Waals surface area contributed by atoms with E-state index in [1.165, 1.54) is 43.8 Å². The van der Waals surface area contributed by atoms with Crippen LogP contribution in [-0.2, 0) is 0 Å². The molecule has 3 heteroatoms. The lowest BCUT2D eigenvalue weighted by Gasteiger charge is -2.26. The second-order valence-corrected chi connectivity index (χ2v) is 11.2. The summed E-state index contributed by atoms with van der Waals surface area (Å²) in [6.07, 6.45) is 0. The van der Waals surface area contributed by atoms with Gasteiger partial charge in [0.05, 0.1) is 12.8 Å². The standard InChI is InChI=1S/C39H28BrNO/c1-42-33-25-29(40)24-32(26-33)41(30-14-6-3-7-15-30)31-22-20-28(21-23-31)39-36-18-10-8-16-34(36)38(27-12-4-2-5-13-27)35-17-9-11-19-37(35)39/h2-26H,1H3. The van der Waals surface area contributed by atoms with Crippen molar-refractivity contribution in [2.45, 2.75) is 0 Å². The Morgan fingerprint density at radius 2 is 0.905 bits per heavy atom. The third-order valence-corrected chi connectivity index (χ3v) is 8.23. The smallest absolute Gasteiger partial charge is 0.122 e. The Morgan fingerprint density at radius 1 is 0.452 bits per heavy atom. The van der Waals surface area contributed by atoms with Crippen LogP contribution < -0.4 is 9.64 Å². The number of anilines is 3. The van der Waals surface area contributed by atoms with Gasteiger partial charge in [-0.25, -0.2) is 0 Å². The highest BCUT2D eigenvalue weighted by atomic mass is 79.9. The van der Waals surface area contributed by atoms with Crippen LogP contribution in [0.5, 0.6) is 5.75 Å². The van der Waals surface area contributed by atoms with Crippen molar-refractivity contribution >= 4 is 54.5 Å². The molecule has 0 aliphatic heterocycles. The van der Waals surface area contributed by atoms with Gasteiger partial charge in [-0.15, -0.1) is 0 Å². The highest BCUT2D eigenvalue weighted by Crippen LogP contribution is 2.44. The molecule has 0 N–H and O–H groups in total. The number of hydrogen-bond acceptors (Lipinski definition) is 2. The minimum absolute atomic E-state index is 0.799. The van der Waals surface area contributed by atoms with Crippen molar-refractivity contribution in [2.75, 3.05) is 12.0 Å². The monoisotopic (exact) mass is 605 g/mol. The minimum atomic E-state index is 0.799. The molecule has 0 aliphatic rings. The Morgan fingerprint density at radius 3 is 1.43 bits per heavy atom. The highest BCUT2D eigenvalue weighted by Gasteiger charge is 2.18. The molecule has 0 radical (unpaired) electrons. The first kappa shape index (κ1) is 26.1. The van der Waals surface area contributed by atoms with Gasteiger partial charge in [-0.2, -0.15) is 0 Å². The lowest BCUT2D eigenvalue weighted by Crippen LogP contribution is -2.10. The molecule has 202 valence electrons. The molecular weight excluding hydrogens is 578 g/mol. The van der Waals surface area contributed by atoms with E-state index in [9.17, 15) is 0 Å². The summed E-state index contributed by atoms with van der Waals surface area (Å²) in [6.45, 7) is 0. The van der Waals surface area contributed by atoms with Crippen LogP contribution in [0.1, 0.15) is 0 Å². The van der Waals surface area contributed by atoms with E-state index in [0.29, 0.717) is 0 Å². The van der Waals surface area contributed by atoms with Gasteiger partial charge in [0.1, 0.15) is 5.75 Å². The van der Waals surface area contributed by atoms with E-state index in [1.54, 1.807) is 7.11 Å². The topological polar surface area (TPSA) is 12.5 Å². The summed E-state index contributed by atoms with van der Waals surface area (Å²) in [5.41, 5.74) is 8.11. The number of hydrogen-bond donors (Lipinski definition) is 0. The molecule has 0 amide bonds. The van der Waals surface area contributed by atoms with Crippen LogP contribution in [0.4, 0.5) is 17.1 Å². The summed E-state index contributed by atoms with van der Waals surface area (Å²) in [6, 6.07) is 53.8. The van der Waals surface area contributed by atoms with Crippen molar-refractivity contribution in [2.24, 2.45) is 0 Å². The molecule has 7 aromatic carbocycles. The molecule has 42 heavy (non-hydrogen) atoms. The predicted octanol–water partition coefficient (Wildman–Crippen LogP) is 11.6. The molecule has 0 aliphatic carbocycles. The molecular formula is C39H28BrNO. The van der Waals surface area contributed by atoms with E-state index in [2.05, 4.69) is 160 Å². The van der Waals surface area contributed by atoms with E-state index < -0.39 is 0 Å². The van der Waals surface area contributed by atoms with Crippen LogP contribution in [0.3, 0.4) is 0 Å². The molecule has 0 unspecified atom stereocenters. The number of fused-ring (bicyclic) bond motifs is 2. The average Bonchev–Trinajstić information content (AvgIpc) is 3.05. The Balaban J connectivity index is 1.42. The van der Waals surface area contributed by atoms with E-state index >= 15 is 0 Å². The molecule has 7 aromatic rings. The van der Waals surface area contributed by atoms with E-state index in [1.807, 2.05) is 12.1 Å². The first-order valence-electron chi connectivity index (χ1n) is 14.0. The summed E-state index contributed by atoms with van der Waals surface area (Å²) < 4.78 is 6.56. The van der Waals surface area contributed by atoms with E-state index in [0.717, 1.165) is 27.3 Å². The highest BCUT2D eigenvalue weighted by molar-refractivity contribution is 9.10. The molecule has 0 heterocycles. The van der Waals surface area contributed by atoms with E-state index in [4.69, 9.17) is 4.74 Å². The maximum Gasteiger partial charge on any atom is 0.122 e. The number of rotatable bonds is 6. The maximum atomic E-state index is 5.60. The van der Waals surface area contributed by atoms with Gasteiger partial charge in [-0.05, 0) is 80.2 Å². The maximum absolute atomic E-state index is 5.60. The summed E-state index contributed by atoms with van der Waals surface area (Å²) in [4.78, 5) is 2.26. The predicted molar refractivity (Wildman–Crippen MR) is 181 cm³/mol. The van der Waals surface area contributed by atoms with Gasteiger partial charge in [-0.1, -0.05) is 125 Å². The van der Waals surface area contributed by atoms with Crippen LogP contribution >= 0.6 is 15.9 Å². The van der Waals surface area contributed by atoms with Crippen LogP contribution in [-0.4, -0.2) is 7.11 Å². The normalized spacial score (nSPS) is 11.1. The van der Waals surface area contributed by atoms with Gasteiger partial charge in [-0.3, -0.25) is 0 Å². The zero-order valence-electron chi connectivity index (χ0n) is 23.2. The molecule has 0 aromatic heterocycles. The second kappa shape index (κ2) is 11.2. The first-order chi connectivity index (χ1) is 20.7. The summed E-state index contributed by atoms with van der Waals surface area (Å²) in [7, 11) is 1.70. The van der Waals surface area contributed by atoms with Crippen molar-refractivity contribution in [3.8, 4) is 28.0 Å². The third kappa shape index (κ3) is 4.72. The fourth-order valence-corrected chi connectivity index (χ4v) is 6.41. The lowest BCUT2D eigenvalue weighted by molar-refractivity contribution is 0.414. The van der Waals surface area contributed by atoms with Crippen molar-refractivity contribution in [1.29, 1.82) is 0 Å². The number of halogens is 1. The zero-order valence-corrected chi connectivity index (χ0v) is 24.8. The van der Waals surface area contributed by atoms with Gasteiger partial charge in [0.25, 0.3) is 0 Å². The molecule has 0 spiro atoms. The van der Waals surface area contributed by atoms with Crippen LogP contribution in [0.2, 0.25) is 0 Å². The molecule has 0 saturated carbocycles. The lowest BCUT2D eigenvalue weighted by atomic mass is 9.86. The van der Waals surface area contributed by atoms with Gasteiger partial charge < -0.3 is 9.64 Å². The Bertz CT molecular complexity index is 1960. The molecule has 0 fully saturated rings. The summed E-state index contributed by atoms with van der Waals surface area (Å²) in [5, 5.41) is 5.01. The molecule has 0 bridgehead atoms. The number of nitrogens with zero attached hydrogens (tertiary/aromatic N) is 1. The Kier molecular flexibility index (Phi) is 6.95. The Hall–Kier alpha value is -4.86. The fourth-order valence-electron chi connectivity index (χ4n) is 5.95. The van der Waals surface area contributed by atoms with Crippen molar-refractivity contribution < 1.29 is 4.74 Å². The molecule has 2 nitrogen and oxygen atoms in total. The Labute approximate surface area is 254 Å². The summed E-state index contributed by atoms with van der Waals surface area (Å²) in [5.74, 6) is 0.799. The molecule has 0 saturated heterocycles. The molecule has 0 atom stereocenters. The quantitative estimate of drug-likeness (QED) is 0.175. The van der Waals surface area contributed by atoms with Crippen LogP contribution in [0.15, 0.2) is 156 Å². The first-order valence-corrected chi connectivity index (χ1v) is 14.8. The molecule has 7 rings (SSSR count). The SMILES string of the molecule is COc1cc(Br)cc(N(c2ccccc2)c2ccc(-c3c4ccccc4c(-c4ccccc4)c4ccccc34)cc2)c1. The van der Waals surface area contributed by atoms with Crippen molar-refractivity contribution in [1.82, 2.24) is 0 Å². The fraction of sp³-hybridized carbons (Fsp3) is 0.0256. The number of ether oxygens (including phenoxy) is 1. The third-order valence-electron chi connectivity index (χ3n) is 7.77. The van der Waals surface area contributed by atoms with Gasteiger partial charge in [0.2, 0.25) is 0 Å². The van der Waals surface area contributed by atoms with Crippen LogP contribution in [0, 0.1) is 0 Å². The number of para-hydroxylation sites is 1. The number of benzene rings is 7. The van der Waals surface area contributed by atoms with Gasteiger partial charge in [0.15, 0.2) is 0 Å². The number of methoxy groups -OCH3 is 1. The van der Waals surface area contributed by atoms with Crippen molar-refractivity contribution in [3.63, 3.8) is 0 Å². The largest absolute Gasteiger partial charge is 0.497 e. The van der Waals surface area contributed by atoms with Crippen molar-refractivity contribution in [3.05, 3.63) is 156 Å². The van der Waals surface area contributed by atoms with E-state index in [-0.39, 0.29) is 0 Å². The van der Waals surface area contributed by atoms with Gasteiger partial charge >= 0.3 is 0 Å². The summed E-state index contributed by atoms with van der Waals surface area (Å²) >= 11 is 3.67. The van der Waals surface area contributed by atoms with Gasteiger partial charge in [0, 0.05) is 21.9 Å². The van der Waals surface area contributed by atoms with Crippen LogP contribution in [0.25, 0.3) is 43.8 Å².